The van der Waals surface area contributed by atoms with Crippen molar-refractivity contribution in [2.45, 2.75) is 12.2 Å². The van der Waals surface area contributed by atoms with E-state index >= 15 is 0 Å². The zero-order valence-corrected chi connectivity index (χ0v) is 4.27. The van der Waals surface area contributed by atoms with Gasteiger partial charge in [0, 0.05) is 0 Å². The van der Waals surface area contributed by atoms with Gasteiger partial charge in [0.1, 0.15) is 0 Å². The van der Waals surface area contributed by atoms with Crippen LogP contribution in [0.3, 0.4) is 0 Å². The maximum atomic E-state index is 10.1. The van der Waals surface area contributed by atoms with Crippen molar-refractivity contribution in [2.75, 3.05) is 0 Å². The van der Waals surface area contributed by atoms with Crippen molar-refractivity contribution in [3.8, 4) is 0 Å². The Balaban J connectivity index is 2.77. The van der Waals surface area contributed by atoms with Gasteiger partial charge in [-0.2, -0.15) is 0 Å². The van der Waals surface area contributed by atoms with Crippen LogP contribution in [0.1, 0.15) is 0 Å². The van der Waals surface area contributed by atoms with Gasteiger partial charge in [-0.3, -0.25) is 0 Å². The van der Waals surface area contributed by atoms with E-state index in [2.05, 4.69) is 4.74 Å². The molecule has 1 unspecified atom stereocenters. The van der Waals surface area contributed by atoms with Gasteiger partial charge in [-0.1, -0.05) is 0 Å². The summed E-state index contributed by atoms with van der Waals surface area (Å²) in [5.41, 5.74) is 0. The molecule has 5 heteroatoms. The zero-order chi connectivity index (χ0) is 7.02. The Morgan fingerprint density at radius 2 is 1.44 bits per heavy atom. The molecule has 0 aliphatic carbocycles. The second-order valence-electron chi connectivity index (χ2n) is 1.63. The smallest absolute Gasteiger partial charge is 0.346 e. The van der Waals surface area contributed by atoms with Gasteiger partial charge >= 0.3 is 11.9 Å². The highest BCUT2D eigenvalue weighted by molar-refractivity contribution is 5.99. The Morgan fingerprint density at radius 1 is 1.11 bits per heavy atom. The van der Waals surface area contributed by atoms with Gasteiger partial charge < -0.3 is 14.9 Å². The first-order valence-corrected chi connectivity index (χ1v) is 2.24. The van der Waals surface area contributed by atoms with Crippen molar-refractivity contribution < 1.29 is 24.5 Å². The minimum absolute atomic E-state index is 1.09. The minimum Gasteiger partial charge on any atom is -0.389 e. The zero-order valence-electron chi connectivity index (χ0n) is 4.27. The molecule has 0 aromatic rings. The number of rotatable bonds is 0. The van der Waals surface area contributed by atoms with E-state index < -0.39 is 24.1 Å². The maximum absolute atomic E-state index is 10.1. The van der Waals surface area contributed by atoms with Crippen molar-refractivity contribution in [2.24, 2.45) is 0 Å². The second kappa shape index (κ2) is 1.78. The summed E-state index contributed by atoms with van der Waals surface area (Å²) in [4.78, 5) is 20.3. The van der Waals surface area contributed by atoms with Crippen molar-refractivity contribution in [1.29, 1.82) is 0 Å². The monoisotopic (exact) mass is 132 g/mol. The molecule has 0 saturated carbocycles. The number of carbonyl (C=O) groups excluding carboxylic acids is 2. The lowest BCUT2D eigenvalue weighted by atomic mass is 10.2. The van der Waals surface area contributed by atoms with E-state index in [1.807, 2.05) is 0 Å². The fraction of sp³-hybridized carbons (Fsp3) is 0.500. The summed E-state index contributed by atoms with van der Waals surface area (Å²) in [6.07, 6.45) is -3.39. The normalized spacial score (nSPS) is 34.9. The number of ether oxygens (including phenoxy) is 1. The molecule has 1 aliphatic rings. The van der Waals surface area contributed by atoms with Crippen molar-refractivity contribution in [3.63, 3.8) is 0 Å². The van der Waals surface area contributed by atoms with Gasteiger partial charge in [-0.15, -0.1) is 0 Å². The lowest BCUT2D eigenvalue weighted by Gasteiger charge is -1.95. The Labute approximate surface area is 49.9 Å². The van der Waals surface area contributed by atoms with Gasteiger partial charge in [0.05, 0.1) is 0 Å². The van der Waals surface area contributed by atoms with Crippen molar-refractivity contribution >= 4 is 11.9 Å². The van der Waals surface area contributed by atoms with Crippen LogP contribution in [0.15, 0.2) is 0 Å². The molecule has 1 aliphatic heterocycles. The molecule has 2 N–H and O–H groups in total. The first-order valence-electron chi connectivity index (χ1n) is 2.24. The number of aliphatic hydroxyl groups excluding tert-OH is 2. The van der Waals surface area contributed by atoms with Gasteiger partial charge in [-0.05, 0) is 0 Å². The van der Waals surface area contributed by atoms with Crippen LogP contribution in [0.4, 0.5) is 0 Å². The summed E-state index contributed by atoms with van der Waals surface area (Å²) >= 11 is 0. The molecule has 1 rings (SSSR count). The first kappa shape index (κ1) is 6.18. The summed E-state index contributed by atoms with van der Waals surface area (Å²) in [5.74, 6) is -2.18. The van der Waals surface area contributed by atoms with Gasteiger partial charge in [0.25, 0.3) is 0 Å². The number of cyclic esters (lactones) is 2. The molecular weight excluding hydrogens is 128 g/mol. The molecule has 0 radical (unpaired) electrons. The SMILES string of the molecule is O=C1OC(=O)[C@H](O)C1O. The third-order valence-electron chi connectivity index (χ3n) is 0.983. The van der Waals surface area contributed by atoms with Crippen molar-refractivity contribution in [3.05, 3.63) is 0 Å². The third kappa shape index (κ3) is 0.797. The van der Waals surface area contributed by atoms with E-state index in [1.54, 1.807) is 0 Å². The van der Waals surface area contributed by atoms with Gasteiger partial charge in [-0.25, -0.2) is 9.59 Å². The molecule has 0 aromatic carbocycles. The number of esters is 2. The summed E-state index contributed by atoms with van der Waals surface area (Å²) in [6.45, 7) is 0. The molecule has 0 spiro atoms. The van der Waals surface area contributed by atoms with E-state index in [4.69, 9.17) is 10.2 Å². The highest BCUT2D eigenvalue weighted by atomic mass is 16.6. The van der Waals surface area contributed by atoms with Crippen LogP contribution in [-0.4, -0.2) is 34.4 Å². The van der Waals surface area contributed by atoms with Crippen LogP contribution in [-0.2, 0) is 14.3 Å². The molecule has 5 nitrogen and oxygen atoms in total. The van der Waals surface area contributed by atoms with E-state index in [0.717, 1.165) is 0 Å². The molecule has 1 heterocycles. The van der Waals surface area contributed by atoms with E-state index in [1.165, 1.54) is 0 Å². The molecule has 0 aromatic heterocycles. The summed E-state index contributed by atoms with van der Waals surface area (Å²) in [5, 5.41) is 17.0. The van der Waals surface area contributed by atoms with Crippen LogP contribution in [0.2, 0.25) is 0 Å². The highest BCUT2D eigenvalue weighted by Crippen LogP contribution is 2.07. The highest BCUT2D eigenvalue weighted by Gasteiger charge is 2.41. The van der Waals surface area contributed by atoms with Gasteiger partial charge in [0.2, 0.25) is 0 Å². The Bertz CT molecular complexity index is 144. The van der Waals surface area contributed by atoms with Crippen LogP contribution < -0.4 is 0 Å². The van der Waals surface area contributed by atoms with E-state index in [0.29, 0.717) is 0 Å². The summed E-state index contributed by atoms with van der Waals surface area (Å²) in [6, 6.07) is 0. The number of hydrogen-bond acceptors (Lipinski definition) is 5. The topological polar surface area (TPSA) is 83.8 Å². The molecule has 9 heavy (non-hydrogen) atoms. The fourth-order valence-corrected chi connectivity index (χ4v) is 0.478. The fourth-order valence-electron chi connectivity index (χ4n) is 0.478. The molecule has 0 bridgehead atoms. The Morgan fingerprint density at radius 3 is 1.56 bits per heavy atom. The lowest BCUT2D eigenvalue weighted by molar-refractivity contribution is -0.155. The van der Waals surface area contributed by atoms with Gasteiger partial charge in [0.15, 0.2) is 12.2 Å². The standard InChI is InChI=1S/C4H4O5/c5-1-2(6)4(8)9-3(1)7/h1-2,5-6H/t1-,2?/m1/s1. The molecule has 1 saturated heterocycles. The summed E-state index contributed by atoms with van der Waals surface area (Å²) in [7, 11) is 0. The molecule has 50 valence electrons. The number of aliphatic hydroxyl groups is 2. The second-order valence-corrected chi connectivity index (χ2v) is 1.63. The average Bonchev–Trinajstić information content (AvgIpc) is 1.98. The molecule has 1 fully saturated rings. The van der Waals surface area contributed by atoms with Crippen LogP contribution >= 0.6 is 0 Å². The molecule has 0 amide bonds. The van der Waals surface area contributed by atoms with E-state index in [-0.39, 0.29) is 0 Å². The Kier molecular flexibility index (Phi) is 1.22. The molecular formula is C4H4O5. The quantitative estimate of drug-likeness (QED) is 0.288. The Hall–Kier alpha value is -0.940. The molecule has 2 atom stereocenters. The summed E-state index contributed by atoms with van der Waals surface area (Å²) < 4.78 is 3.81. The third-order valence-corrected chi connectivity index (χ3v) is 0.983. The number of carbonyl (C=O) groups is 2. The van der Waals surface area contributed by atoms with Crippen molar-refractivity contribution in [1.82, 2.24) is 0 Å². The largest absolute Gasteiger partial charge is 0.389 e. The lowest BCUT2D eigenvalue weighted by Crippen LogP contribution is -2.27. The average molecular weight is 132 g/mol. The predicted molar refractivity (Wildman–Crippen MR) is 23.1 cm³/mol. The minimum atomic E-state index is -1.70. The van der Waals surface area contributed by atoms with E-state index in [9.17, 15) is 9.59 Å². The predicted octanol–water partition coefficient (Wildman–Crippen LogP) is -2.21. The first-order chi connectivity index (χ1) is 4.13. The number of hydrogen-bond donors (Lipinski definition) is 2. The maximum Gasteiger partial charge on any atom is 0.346 e. The van der Waals surface area contributed by atoms with Crippen LogP contribution in [0.5, 0.6) is 0 Å². The van der Waals surface area contributed by atoms with Crippen LogP contribution in [0.25, 0.3) is 0 Å². The van der Waals surface area contributed by atoms with Crippen LogP contribution in [0, 0.1) is 0 Å².